The highest BCUT2D eigenvalue weighted by molar-refractivity contribution is 6.15. The molecule has 1 aliphatic rings. The van der Waals surface area contributed by atoms with Crippen LogP contribution in [0, 0.1) is 5.82 Å². The molecule has 0 radical (unpaired) electrons. The number of hydrogen-bond donors (Lipinski definition) is 1. The Labute approximate surface area is 160 Å². The van der Waals surface area contributed by atoms with Crippen molar-refractivity contribution >= 4 is 17.4 Å². The van der Waals surface area contributed by atoms with Crippen LogP contribution in [0.4, 0.5) is 10.1 Å². The summed E-state index contributed by atoms with van der Waals surface area (Å²) in [7, 11) is 0. The zero-order chi connectivity index (χ0) is 19.5. The monoisotopic (exact) mass is 377 g/mol. The van der Waals surface area contributed by atoms with Crippen molar-refractivity contribution in [3.63, 3.8) is 0 Å². The van der Waals surface area contributed by atoms with Crippen LogP contribution in [0.5, 0.6) is 11.5 Å². The van der Waals surface area contributed by atoms with E-state index >= 15 is 0 Å². The number of halogens is 1. The molecule has 28 heavy (non-hydrogen) atoms. The Balaban J connectivity index is 1.74. The number of benzene rings is 3. The van der Waals surface area contributed by atoms with E-state index in [9.17, 15) is 14.0 Å². The molecule has 140 valence electrons. The molecule has 0 unspecified atom stereocenters. The lowest BCUT2D eigenvalue weighted by atomic mass is 10.0. The summed E-state index contributed by atoms with van der Waals surface area (Å²) in [5, 5.41) is 2.69. The fraction of sp³-hybridized carbons (Fsp3) is 0.0909. The third-order valence-electron chi connectivity index (χ3n) is 4.30. The second-order valence-electron chi connectivity index (χ2n) is 6.20. The van der Waals surface area contributed by atoms with Crippen molar-refractivity contribution in [2.24, 2.45) is 0 Å². The summed E-state index contributed by atoms with van der Waals surface area (Å²) in [6, 6.07) is 17.2. The highest BCUT2D eigenvalue weighted by Gasteiger charge is 2.22. The molecule has 1 heterocycles. The second kappa shape index (κ2) is 7.52. The normalized spacial score (nSPS) is 12.3. The van der Waals surface area contributed by atoms with Crippen molar-refractivity contribution in [3.05, 3.63) is 89.2 Å². The topological polar surface area (TPSA) is 64.6 Å². The first kappa shape index (κ1) is 17.7. The Hall–Kier alpha value is -3.67. The van der Waals surface area contributed by atoms with Crippen LogP contribution >= 0.6 is 0 Å². The molecule has 0 fully saturated rings. The van der Waals surface area contributed by atoms with Gasteiger partial charge in [0.1, 0.15) is 19.0 Å². The molecule has 0 atom stereocenters. The molecule has 1 amide bonds. The number of nitrogens with one attached hydrogen (secondary N) is 1. The number of carbonyl (C=O) groups is 2. The van der Waals surface area contributed by atoms with Crippen molar-refractivity contribution in [2.75, 3.05) is 18.5 Å². The van der Waals surface area contributed by atoms with E-state index in [-0.39, 0.29) is 22.6 Å². The van der Waals surface area contributed by atoms with Crippen LogP contribution < -0.4 is 14.8 Å². The van der Waals surface area contributed by atoms with E-state index in [2.05, 4.69) is 5.32 Å². The maximum Gasteiger partial charge on any atom is 0.255 e. The SMILES string of the molecule is O=C(Nc1cc2c(cc1C(=O)c1ccccc1)OCCO2)c1cccc(F)c1. The molecule has 1 aliphatic heterocycles. The van der Waals surface area contributed by atoms with Gasteiger partial charge in [0.05, 0.1) is 11.3 Å². The lowest BCUT2D eigenvalue weighted by molar-refractivity contribution is 0.102. The number of ketones is 1. The van der Waals surface area contributed by atoms with E-state index in [4.69, 9.17) is 9.47 Å². The number of ether oxygens (including phenoxy) is 2. The van der Waals surface area contributed by atoms with Crippen molar-refractivity contribution < 1.29 is 23.5 Å². The number of anilines is 1. The Morgan fingerprint density at radius 1 is 0.821 bits per heavy atom. The summed E-state index contributed by atoms with van der Waals surface area (Å²) in [6.07, 6.45) is 0. The first-order valence-corrected chi connectivity index (χ1v) is 8.72. The van der Waals surface area contributed by atoms with Gasteiger partial charge >= 0.3 is 0 Å². The van der Waals surface area contributed by atoms with Crippen molar-refractivity contribution in [2.45, 2.75) is 0 Å². The van der Waals surface area contributed by atoms with Crippen LogP contribution in [-0.4, -0.2) is 24.9 Å². The number of carbonyl (C=O) groups excluding carboxylic acids is 2. The Bertz CT molecular complexity index is 1050. The van der Waals surface area contributed by atoms with E-state index in [0.29, 0.717) is 30.3 Å². The minimum atomic E-state index is -0.529. The van der Waals surface area contributed by atoms with Crippen LogP contribution in [0.15, 0.2) is 66.7 Å². The Kier molecular flexibility index (Phi) is 4.76. The third kappa shape index (κ3) is 3.57. The lowest BCUT2D eigenvalue weighted by Crippen LogP contribution is -2.19. The van der Waals surface area contributed by atoms with Crippen molar-refractivity contribution in [1.82, 2.24) is 0 Å². The van der Waals surface area contributed by atoms with Gasteiger partial charge in [-0.1, -0.05) is 36.4 Å². The third-order valence-corrected chi connectivity index (χ3v) is 4.30. The van der Waals surface area contributed by atoms with Crippen molar-refractivity contribution in [1.29, 1.82) is 0 Å². The Morgan fingerprint density at radius 2 is 1.50 bits per heavy atom. The van der Waals surface area contributed by atoms with Crippen molar-refractivity contribution in [3.8, 4) is 11.5 Å². The van der Waals surface area contributed by atoms with Gasteiger partial charge in [0.25, 0.3) is 5.91 Å². The molecule has 5 nitrogen and oxygen atoms in total. The molecule has 0 bridgehead atoms. The molecular weight excluding hydrogens is 361 g/mol. The van der Waals surface area contributed by atoms with E-state index in [1.807, 2.05) is 6.07 Å². The first-order chi connectivity index (χ1) is 13.6. The molecule has 0 saturated heterocycles. The lowest BCUT2D eigenvalue weighted by Gasteiger charge is -2.21. The molecule has 0 aromatic heterocycles. The quantitative estimate of drug-likeness (QED) is 0.696. The molecule has 3 aromatic carbocycles. The summed E-state index contributed by atoms with van der Waals surface area (Å²) in [5.41, 5.74) is 1.15. The highest BCUT2D eigenvalue weighted by Crippen LogP contribution is 2.36. The molecule has 3 aromatic rings. The zero-order valence-corrected chi connectivity index (χ0v) is 14.8. The van der Waals surface area contributed by atoms with Crippen LogP contribution in [0.2, 0.25) is 0 Å². The number of hydrogen-bond acceptors (Lipinski definition) is 4. The zero-order valence-electron chi connectivity index (χ0n) is 14.8. The molecule has 0 spiro atoms. The van der Waals surface area contributed by atoms with Gasteiger partial charge in [-0.15, -0.1) is 0 Å². The van der Waals surface area contributed by atoms with E-state index in [1.165, 1.54) is 18.2 Å². The van der Waals surface area contributed by atoms with Crippen LogP contribution in [0.1, 0.15) is 26.3 Å². The standard InChI is InChI=1S/C22H16FNO4/c23-16-8-4-7-15(11-16)22(26)24-18-13-20-19(27-9-10-28-20)12-17(18)21(25)14-5-2-1-3-6-14/h1-8,11-13H,9-10H2,(H,24,26). The van der Waals surface area contributed by atoms with E-state index < -0.39 is 11.7 Å². The largest absolute Gasteiger partial charge is 0.486 e. The minimum Gasteiger partial charge on any atom is -0.486 e. The predicted octanol–water partition coefficient (Wildman–Crippen LogP) is 4.08. The molecule has 6 heteroatoms. The smallest absolute Gasteiger partial charge is 0.255 e. The summed E-state index contributed by atoms with van der Waals surface area (Å²) < 4.78 is 24.6. The maximum atomic E-state index is 13.4. The summed E-state index contributed by atoms with van der Waals surface area (Å²) in [4.78, 5) is 25.6. The Morgan fingerprint density at radius 3 is 2.21 bits per heavy atom. The molecule has 0 aliphatic carbocycles. The van der Waals surface area contributed by atoms with Gasteiger partial charge in [-0.2, -0.15) is 0 Å². The first-order valence-electron chi connectivity index (χ1n) is 8.72. The van der Waals surface area contributed by atoms with Crippen LogP contribution in [-0.2, 0) is 0 Å². The number of fused-ring (bicyclic) bond motifs is 1. The summed E-state index contributed by atoms with van der Waals surface area (Å²) in [6.45, 7) is 0.747. The van der Waals surface area contributed by atoms with E-state index in [0.717, 1.165) is 6.07 Å². The predicted molar refractivity (Wildman–Crippen MR) is 102 cm³/mol. The summed E-state index contributed by atoms with van der Waals surface area (Å²) in [5.74, 6) is -0.444. The second-order valence-corrected chi connectivity index (χ2v) is 6.20. The molecule has 0 saturated carbocycles. The highest BCUT2D eigenvalue weighted by atomic mass is 19.1. The van der Waals surface area contributed by atoms with Gasteiger partial charge in [-0.05, 0) is 24.3 Å². The average Bonchev–Trinajstić information content (AvgIpc) is 2.73. The summed E-state index contributed by atoms with van der Waals surface area (Å²) >= 11 is 0. The van der Waals surface area contributed by atoms with Crippen LogP contribution in [0.25, 0.3) is 0 Å². The average molecular weight is 377 g/mol. The fourth-order valence-corrected chi connectivity index (χ4v) is 2.95. The number of amides is 1. The fourth-order valence-electron chi connectivity index (χ4n) is 2.95. The van der Waals surface area contributed by atoms with Gasteiger partial charge in [-0.25, -0.2) is 4.39 Å². The minimum absolute atomic E-state index is 0.146. The van der Waals surface area contributed by atoms with Gasteiger partial charge in [-0.3, -0.25) is 9.59 Å². The van der Waals surface area contributed by atoms with Gasteiger partial charge in [0.2, 0.25) is 0 Å². The van der Waals surface area contributed by atoms with Gasteiger partial charge in [0, 0.05) is 17.2 Å². The van der Waals surface area contributed by atoms with Gasteiger partial charge in [0.15, 0.2) is 17.3 Å². The molecule has 4 rings (SSSR count). The van der Waals surface area contributed by atoms with Gasteiger partial charge < -0.3 is 14.8 Å². The van der Waals surface area contributed by atoms with E-state index in [1.54, 1.807) is 36.4 Å². The number of rotatable bonds is 4. The van der Waals surface area contributed by atoms with Crippen LogP contribution in [0.3, 0.4) is 0 Å². The molecular formula is C22H16FNO4. The maximum absolute atomic E-state index is 13.4. The molecule has 1 N–H and O–H groups in total.